The van der Waals surface area contributed by atoms with E-state index in [9.17, 15) is 4.79 Å². The Balaban J connectivity index is 1.29. The van der Waals surface area contributed by atoms with Crippen LogP contribution in [-0.4, -0.2) is 23.4 Å². The van der Waals surface area contributed by atoms with E-state index in [1.165, 1.54) is 17.3 Å². The van der Waals surface area contributed by atoms with Crippen molar-refractivity contribution < 1.29 is 14.3 Å². The van der Waals surface area contributed by atoms with Crippen molar-refractivity contribution >= 4 is 46.0 Å². The van der Waals surface area contributed by atoms with Crippen LogP contribution in [0.5, 0.6) is 11.5 Å². The molecule has 3 aromatic rings. The van der Waals surface area contributed by atoms with Crippen LogP contribution in [0.25, 0.3) is 6.08 Å². The Hall–Kier alpha value is -3.09. The van der Waals surface area contributed by atoms with Gasteiger partial charge in [-0.3, -0.25) is 9.69 Å². The number of carbonyl (C=O) groups excluding carboxylic acids is 1. The third kappa shape index (κ3) is 5.88. The van der Waals surface area contributed by atoms with E-state index in [2.05, 4.69) is 32.9 Å². The lowest BCUT2D eigenvalue weighted by molar-refractivity contribution is -0.113. The van der Waals surface area contributed by atoms with E-state index in [0.717, 1.165) is 22.7 Å². The maximum Gasteiger partial charge on any atom is 0.270 e. The van der Waals surface area contributed by atoms with Crippen molar-refractivity contribution in [2.24, 2.45) is 0 Å². The molecule has 1 aliphatic heterocycles. The molecular formula is C28H27NO3S2. The highest BCUT2D eigenvalue weighted by Gasteiger charge is 2.33. The van der Waals surface area contributed by atoms with Crippen LogP contribution in [0.1, 0.15) is 31.9 Å². The van der Waals surface area contributed by atoms with Crippen molar-refractivity contribution in [2.45, 2.75) is 26.2 Å². The van der Waals surface area contributed by atoms with Crippen LogP contribution in [0, 0.1) is 0 Å². The number of hydrogen-bond donors (Lipinski definition) is 0. The number of benzene rings is 3. The summed E-state index contributed by atoms with van der Waals surface area (Å²) in [7, 11) is 0. The molecule has 0 N–H and O–H groups in total. The molecule has 0 unspecified atom stereocenters. The summed E-state index contributed by atoms with van der Waals surface area (Å²) in [5, 5.41) is 0. The zero-order valence-corrected chi connectivity index (χ0v) is 21.1. The summed E-state index contributed by atoms with van der Waals surface area (Å²) in [4.78, 5) is 15.0. The van der Waals surface area contributed by atoms with Crippen LogP contribution < -0.4 is 14.4 Å². The number of anilines is 1. The maximum absolute atomic E-state index is 12.9. The largest absolute Gasteiger partial charge is 0.490 e. The van der Waals surface area contributed by atoms with E-state index in [4.69, 9.17) is 21.7 Å². The first-order valence-corrected chi connectivity index (χ1v) is 12.3. The Morgan fingerprint density at radius 1 is 0.853 bits per heavy atom. The monoisotopic (exact) mass is 489 g/mol. The van der Waals surface area contributed by atoms with Crippen molar-refractivity contribution in [3.8, 4) is 11.5 Å². The second-order valence-electron chi connectivity index (χ2n) is 8.89. The smallest absolute Gasteiger partial charge is 0.270 e. The van der Waals surface area contributed by atoms with Crippen molar-refractivity contribution in [3.05, 3.63) is 94.9 Å². The van der Waals surface area contributed by atoms with Gasteiger partial charge in [-0.25, -0.2) is 0 Å². The van der Waals surface area contributed by atoms with Gasteiger partial charge in [0.05, 0.1) is 10.6 Å². The minimum atomic E-state index is -0.103. The van der Waals surface area contributed by atoms with E-state index in [-0.39, 0.29) is 11.3 Å². The van der Waals surface area contributed by atoms with Crippen molar-refractivity contribution in [1.29, 1.82) is 0 Å². The molecule has 3 aromatic carbocycles. The second-order valence-corrected chi connectivity index (χ2v) is 10.6. The molecule has 0 aromatic heterocycles. The predicted octanol–water partition coefficient (Wildman–Crippen LogP) is 6.85. The lowest BCUT2D eigenvalue weighted by atomic mass is 9.87. The second kappa shape index (κ2) is 10.5. The Morgan fingerprint density at radius 3 is 1.97 bits per heavy atom. The van der Waals surface area contributed by atoms with E-state index >= 15 is 0 Å². The number of carbonyl (C=O) groups is 1. The minimum Gasteiger partial charge on any atom is -0.490 e. The third-order valence-electron chi connectivity index (χ3n) is 5.33. The Labute approximate surface area is 210 Å². The van der Waals surface area contributed by atoms with Crippen LogP contribution in [0.4, 0.5) is 5.69 Å². The summed E-state index contributed by atoms with van der Waals surface area (Å²) in [5.41, 5.74) is 3.10. The SMILES string of the molecule is CC(C)(C)c1ccc(OCCOc2ccc(/C=C3/SC(=S)N(c4ccccc4)C3=O)cc2)cc1. The third-order valence-corrected chi connectivity index (χ3v) is 6.63. The number of ether oxygens (including phenoxy) is 2. The van der Waals surface area contributed by atoms with Crippen molar-refractivity contribution in [3.63, 3.8) is 0 Å². The number of amides is 1. The van der Waals surface area contributed by atoms with E-state index in [1.807, 2.05) is 72.8 Å². The highest BCUT2D eigenvalue weighted by Crippen LogP contribution is 2.36. The van der Waals surface area contributed by atoms with Gasteiger partial charge in [0.15, 0.2) is 4.32 Å². The number of rotatable bonds is 7. The molecule has 0 radical (unpaired) electrons. The molecular weight excluding hydrogens is 462 g/mol. The highest BCUT2D eigenvalue weighted by atomic mass is 32.2. The summed E-state index contributed by atoms with van der Waals surface area (Å²) < 4.78 is 12.1. The zero-order valence-electron chi connectivity index (χ0n) is 19.5. The molecule has 1 saturated heterocycles. The Bertz CT molecular complexity index is 1180. The molecule has 174 valence electrons. The van der Waals surface area contributed by atoms with E-state index < -0.39 is 0 Å². The fourth-order valence-electron chi connectivity index (χ4n) is 3.45. The van der Waals surface area contributed by atoms with Gasteiger partial charge in [0.1, 0.15) is 24.7 Å². The topological polar surface area (TPSA) is 38.8 Å². The summed E-state index contributed by atoms with van der Waals surface area (Å²) in [6.07, 6.45) is 1.86. The lowest BCUT2D eigenvalue weighted by Gasteiger charge is -2.19. The molecule has 1 aliphatic rings. The molecule has 4 rings (SSSR count). The number of nitrogens with zero attached hydrogens (tertiary/aromatic N) is 1. The first-order valence-electron chi connectivity index (χ1n) is 11.1. The van der Waals surface area contributed by atoms with Crippen molar-refractivity contribution in [2.75, 3.05) is 18.1 Å². The van der Waals surface area contributed by atoms with Gasteiger partial charge in [-0.2, -0.15) is 0 Å². The van der Waals surface area contributed by atoms with Crippen LogP contribution in [0.2, 0.25) is 0 Å². The summed E-state index contributed by atoms with van der Waals surface area (Å²) in [6.45, 7) is 7.47. The summed E-state index contributed by atoms with van der Waals surface area (Å²) in [6, 6.07) is 25.3. The van der Waals surface area contributed by atoms with Gasteiger partial charge in [0.25, 0.3) is 5.91 Å². The summed E-state index contributed by atoms with van der Waals surface area (Å²) in [5.74, 6) is 1.48. The van der Waals surface area contributed by atoms with Gasteiger partial charge in [-0.15, -0.1) is 0 Å². The highest BCUT2D eigenvalue weighted by molar-refractivity contribution is 8.27. The van der Waals surface area contributed by atoms with Gasteiger partial charge in [-0.05, 0) is 59.0 Å². The standard InChI is InChI=1S/C28H27NO3S2/c1-28(2,3)21-11-15-24(16-12-21)32-18-17-31-23-13-9-20(10-14-23)19-25-26(30)29(27(33)34-25)22-7-5-4-6-8-22/h4-16,19H,17-18H2,1-3H3/b25-19+. The molecule has 1 amide bonds. The van der Waals surface area contributed by atoms with Gasteiger partial charge >= 0.3 is 0 Å². The molecule has 1 heterocycles. The normalized spacial score (nSPS) is 15.1. The van der Waals surface area contributed by atoms with Gasteiger partial charge in [0.2, 0.25) is 0 Å². The maximum atomic E-state index is 12.9. The Kier molecular flexibility index (Phi) is 7.39. The first kappa shape index (κ1) is 24.0. The van der Waals surface area contributed by atoms with Crippen LogP contribution in [0.3, 0.4) is 0 Å². The van der Waals surface area contributed by atoms with Crippen molar-refractivity contribution in [1.82, 2.24) is 0 Å². The number of thiocarbonyl (C=S) groups is 1. The molecule has 0 spiro atoms. The van der Waals surface area contributed by atoms with E-state index in [0.29, 0.717) is 22.4 Å². The fourth-order valence-corrected chi connectivity index (χ4v) is 4.75. The van der Waals surface area contributed by atoms with E-state index in [1.54, 1.807) is 4.90 Å². The number of hydrogen-bond acceptors (Lipinski definition) is 5. The quantitative estimate of drug-likeness (QED) is 0.206. The average molecular weight is 490 g/mol. The number of para-hydroxylation sites is 1. The molecule has 34 heavy (non-hydrogen) atoms. The molecule has 0 atom stereocenters. The van der Waals surface area contributed by atoms with Crippen LogP contribution in [-0.2, 0) is 10.2 Å². The minimum absolute atomic E-state index is 0.103. The fraction of sp³-hybridized carbons (Fsp3) is 0.214. The van der Waals surface area contributed by atoms with Gasteiger partial charge < -0.3 is 9.47 Å². The zero-order chi connectivity index (χ0) is 24.1. The van der Waals surface area contributed by atoms with Crippen LogP contribution in [0.15, 0.2) is 83.8 Å². The first-order chi connectivity index (χ1) is 16.3. The number of thioether (sulfide) groups is 1. The summed E-state index contributed by atoms with van der Waals surface area (Å²) >= 11 is 6.74. The van der Waals surface area contributed by atoms with Gasteiger partial charge in [-0.1, -0.05) is 87.2 Å². The van der Waals surface area contributed by atoms with Gasteiger partial charge in [0, 0.05) is 0 Å². The molecule has 0 aliphatic carbocycles. The molecule has 1 fully saturated rings. The average Bonchev–Trinajstić information content (AvgIpc) is 3.10. The van der Waals surface area contributed by atoms with Crippen LogP contribution >= 0.6 is 24.0 Å². The molecule has 0 bridgehead atoms. The molecule has 4 nitrogen and oxygen atoms in total. The lowest BCUT2D eigenvalue weighted by Crippen LogP contribution is -2.27. The Morgan fingerprint density at radius 2 is 1.41 bits per heavy atom. The predicted molar refractivity (Wildman–Crippen MR) is 145 cm³/mol. The molecule has 6 heteroatoms. The molecule has 0 saturated carbocycles.